The van der Waals surface area contributed by atoms with E-state index in [0.29, 0.717) is 0 Å². The fraction of sp³-hybridized carbons (Fsp3) is 0.455. The maximum absolute atomic E-state index is 11.5. The largest absolute Gasteiger partial charge is 0.396 e. The van der Waals surface area contributed by atoms with E-state index in [1.807, 2.05) is 0 Å². The van der Waals surface area contributed by atoms with E-state index in [-0.39, 0.29) is 16.1 Å². The Morgan fingerprint density at radius 1 is 0.880 bits per heavy atom. The van der Waals surface area contributed by atoms with Gasteiger partial charge in [-0.25, -0.2) is 0 Å². The van der Waals surface area contributed by atoms with E-state index >= 15 is 0 Å². The first kappa shape index (κ1) is 20.2. The van der Waals surface area contributed by atoms with Gasteiger partial charge in [0.25, 0.3) is 0 Å². The molecule has 2 aromatic rings. The third-order valence-electron chi connectivity index (χ3n) is 5.34. The van der Waals surface area contributed by atoms with Crippen LogP contribution in [-0.2, 0) is 0 Å². The second-order valence-electron chi connectivity index (χ2n) is 7.89. The zero-order valence-electron chi connectivity index (χ0n) is 15.9. The van der Waals surface area contributed by atoms with E-state index in [4.69, 9.17) is 11.6 Å². The predicted octanol–water partition coefficient (Wildman–Crippen LogP) is 4.75. The average Bonchev–Trinajstić information content (AvgIpc) is 2.61. The summed E-state index contributed by atoms with van der Waals surface area (Å²) in [7, 11) is -2.44. The van der Waals surface area contributed by atoms with Crippen molar-refractivity contribution in [3.63, 3.8) is 0 Å². The molecule has 0 amide bonds. The van der Waals surface area contributed by atoms with Crippen LogP contribution in [0.1, 0.15) is 47.0 Å². The molecule has 0 radical (unpaired) electrons. The molecule has 136 valence electrons. The van der Waals surface area contributed by atoms with Crippen LogP contribution in [0.3, 0.4) is 0 Å². The van der Waals surface area contributed by atoms with E-state index in [9.17, 15) is 5.11 Å². The van der Waals surface area contributed by atoms with Crippen LogP contribution in [0.15, 0.2) is 60.7 Å². The molecular formula is C22H31ClOSi. The summed E-state index contributed by atoms with van der Waals surface area (Å²) in [6.45, 7) is 8.94. The van der Waals surface area contributed by atoms with E-state index in [0.717, 1.165) is 19.3 Å². The Balaban J connectivity index is 2.60. The lowest BCUT2D eigenvalue weighted by Crippen LogP contribution is -2.71. The minimum absolute atomic E-state index is 0.0247. The van der Waals surface area contributed by atoms with E-state index in [1.54, 1.807) is 0 Å². The molecule has 0 bridgehead atoms. The van der Waals surface area contributed by atoms with Crippen molar-refractivity contribution in [2.24, 2.45) is 0 Å². The molecule has 2 rings (SSSR count). The van der Waals surface area contributed by atoms with Crippen LogP contribution in [0.4, 0.5) is 0 Å². The number of halogens is 1. The molecular weight excluding hydrogens is 344 g/mol. The monoisotopic (exact) mass is 374 g/mol. The fourth-order valence-electron chi connectivity index (χ4n) is 4.08. The van der Waals surface area contributed by atoms with Gasteiger partial charge in [0.05, 0.1) is 5.73 Å². The molecule has 0 aromatic heterocycles. The van der Waals surface area contributed by atoms with Crippen molar-refractivity contribution in [1.29, 1.82) is 0 Å². The second-order valence-corrected chi connectivity index (χ2v) is 13.4. The Bertz CT molecular complexity index is 597. The molecule has 0 spiro atoms. The maximum atomic E-state index is 11.5. The Labute approximate surface area is 159 Å². The SMILES string of the molecule is CCC(Cl)CCC(O)[Si](c1ccccc1)(c1ccccc1)C(C)(C)C. The molecule has 3 heteroatoms. The standard InChI is InChI=1S/C22H31ClOSi/c1-5-18(23)16-17-21(24)25(22(2,3)4,19-12-8-6-9-13-19)20-14-10-7-11-15-20/h6-15,18,21,24H,5,16-17H2,1-4H3. The molecule has 0 fully saturated rings. The molecule has 25 heavy (non-hydrogen) atoms. The van der Waals surface area contributed by atoms with Crippen LogP contribution in [0, 0.1) is 0 Å². The highest BCUT2D eigenvalue weighted by Crippen LogP contribution is 2.39. The maximum Gasteiger partial charge on any atom is 0.153 e. The van der Waals surface area contributed by atoms with Crippen LogP contribution in [-0.4, -0.2) is 24.3 Å². The van der Waals surface area contributed by atoms with E-state index in [2.05, 4.69) is 88.4 Å². The van der Waals surface area contributed by atoms with Crippen molar-refractivity contribution in [3.8, 4) is 0 Å². The van der Waals surface area contributed by atoms with Crippen molar-refractivity contribution >= 4 is 30.0 Å². The molecule has 1 nitrogen and oxygen atoms in total. The molecule has 0 aliphatic rings. The van der Waals surface area contributed by atoms with Gasteiger partial charge in [0.15, 0.2) is 8.07 Å². The third-order valence-corrected chi connectivity index (χ3v) is 12.0. The van der Waals surface area contributed by atoms with Gasteiger partial charge in [0.1, 0.15) is 0 Å². The summed E-state index contributed by atoms with van der Waals surface area (Å²) >= 11 is 6.37. The Morgan fingerprint density at radius 2 is 1.32 bits per heavy atom. The summed E-state index contributed by atoms with van der Waals surface area (Å²) in [5, 5.41) is 14.2. The van der Waals surface area contributed by atoms with Crippen molar-refractivity contribution in [3.05, 3.63) is 60.7 Å². The van der Waals surface area contributed by atoms with Gasteiger partial charge in [-0.05, 0) is 24.3 Å². The summed E-state index contributed by atoms with van der Waals surface area (Å²) in [6.07, 6.45) is 2.54. The Kier molecular flexibility index (Phi) is 6.90. The molecule has 0 aliphatic heterocycles. The summed E-state index contributed by atoms with van der Waals surface area (Å²) in [5.41, 5.74) is -0.370. The van der Waals surface area contributed by atoms with Crippen LogP contribution >= 0.6 is 11.6 Å². The van der Waals surface area contributed by atoms with E-state index < -0.39 is 8.07 Å². The van der Waals surface area contributed by atoms with Gasteiger partial charge in [-0.3, -0.25) is 0 Å². The number of rotatable bonds is 7. The molecule has 0 saturated heterocycles. The van der Waals surface area contributed by atoms with Crippen LogP contribution in [0.5, 0.6) is 0 Å². The summed E-state index contributed by atoms with van der Waals surface area (Å²) in [4.78, 5) is 0. The highest BCUT2D eigenvalue weighted by molar-refractivity contribution is 7.05. The van der Waals surface area contributed by atoms with Crippen molar-refractivity contribution in [1.82, 2.24) is 0 Å². The zero-order valence-corrected chi connectivity index (χ0v) is 17.6. The number of aliphatic hydroxyl groups is 1. The highest BCUT2D eigenvalue weighted by Gasteiger charge is 2.52. The van der Waals surface area contributed by atoms with E-state index in [1.165, 1.54) is 10.4 Å². The zero-order chi connectivity index (χ0) is 18.5. The first-order chi connectivity index (χ1) is 11.8. The van der Waals surface area contributed by atoms with Crippen molar-refractivity contribution < 1.29 is 5.11 Å². The van der Waals surface area contributed by atoms with Gasteiger partial charge < -0.3 is 5.11 Å². The first-order valence-corrected chi connectivity index (χ1v) is 11.8. The predicted molar refractivity (Wildman–Crippen MR) is 113 cm³/mol. The molecule has 2 unspecified atom stereocenters. The Hall–Kier alpha value is -1.09. The summed E-state index contributed by atoms with van der Waals surface area (Å²) in [5.74, 6) is 0. The minimum Gasteiger partial charge on any atom is -0.396 e. The number of hydrogen-bond donors (Lipinski definition) is 1. The fourth-order valence-corrected chi connectivity index (χ4v) is 10.1. The average molecular weight is 375 g/mol. The molecule has 0 aliphatic carbocycles. The van der Waals surface area contributed by atoms with Crippen LogP contribution in [0.2, 0.25) is 5.04 Å². The van der Waals surface area contributed by atoms with Gasteiger partial charge in [0, 0.05) is 5.38 Å². The molecule has 0 saturated carbocycles. The highest BCUT2D eigenvalue weighted by atomic mass is 35.5. The molecule has 0 heterocycles. The topological polar surface area (TPSA) is 20.2 Å². The number of alkyl halides is 1. The van der Waals surface area contributed by atoms with Gasteiger partial charge >= 0.3 is 0 Å². The van der Waals surface area contributed by atoms with Gasteiger partial charge in [-0.2, -0.15) is 0 Å². The number of hydrogen-bond acceptors (Lipinski definition) is 1. The number of aliphatic hydroxyl groups excluding tert-OH is 1. The van der Waals surface area contributed by atoms with Gasteiger partial charge in [0.2, 0.25) is 0 Å². The lowest BCUT2D eigenvalue weighted by molar-refractivity contribution is 0.226. The van der Waals surface area contributed by atoms with Crippen molar-refractivity contribution in [2.75, 3.05) is 0 Å². The lowest BCUT2D eigenvalue weighted by atomic mass is 10.2. The van der Waals surface area contributed by atoms with Crippen molar-refractivity contribution in [2.45, 2.75) is 63.1 Å². The normalized spacial score (nSPS) is 15.0. The van der Waals surface area contributed by atoms with Gasteiger partial charge in [-0.15, -0.1) is 11.6 Å². The quantitative estimate of drug-likeness (QED) is 0.547. The smallest absolute Gasteiger partial charge is 0.153 e. The second kappa shape index (κ2) is 8.53. The summed E-state index contributed by atoms with van der Waals surface area (Å²) in [6, 6.07) is 21.3. The molecule has 2 atom stereocenters. The number of benzene rings is 2. The summed E-state index contributed by atoms with van der Waals surface area (Å²) < 4.78 is 0. The lowest BCUT2D eigenvalue weighted by Gasteiger charge is -2.47. The minimum atomic E-state index is -2.44. The Morgan fingerprint density at radius 3 is 1.68 bits per heavy atom. The van der Waals surface area contributed by atoms with Gasteiger partial charge in [-0.1, -0.05) is 98.7 Å². The molecule has 2 aromatic carbocycles. The molecule has 1 N–H and O–H groups in total. The third kappa shape index (κ3) is 4.19. The van der Waals surface area contributed by atoms with Crippen LogP contribution in [0.25, 0.3) is 0 Å². The first-order valence-electron chi connectivity index (χ1n) is 9.27. The van der Waals surface area contributed by atoms with Crippen LogP contribution < -0.4 is 10.4 Å².